The average molecular weight is 566 g/mol. The van der Waals surface area contributed by atoms with Gasteiger partial charge >= 0.3 is 7.60 Å². The molecule has 0 spiro atoms. The molecule has 4 rings (SSSR count). The van der Waals surface area contributed by atoms with Gasteiger partial charge in [-0.05, 0) is 80.8 Å². The van der Waals surface area contributed by atoms with Crippen molar-refractivity contribution in [3.8, 4) is 17.2 Å². The molecule has 39 heavy (non-hydrogen) atoms. The molecule has 0 heterocycles. The summed E-state index contributed by atoms with van der Waals surface area (Å²) in [5.41, 5.74) is 2.44. The summed E-state index contributed by atoms with van der Waals surface area (Å²) in [5, 5.41) is -1.87. The summed E-state index contributed by atoms with van der Waals surface area (Å²) >= 11 is 0. The van der Waals surface area contributed by atoms with Gasteiger partial charge in [0.05, 0.1) is 12.0 Å². The van der Waals surface area contributed by atoms with E-state index in [0.29, 0.717) is 22.4 Å². The van der Waals surface area contributed by atoms with E-state index < -0.39 is 22.9 Å². The molecule has 1 atom stereocenters. The first-order valence-electron chi connectivity index (χ1n) is 12.3. The summed E-state index contributed by atoms with van der Waals surface area (Å²) in [5.74, 6) is 1.08. The lowest BCUT2D eigenvalue weighted by atomic mass is 10.1. The van der Waals surface area contributed by atoms with Gasteiger partial charge in [0, 0.05) is 0 Å². The number of benzene rings is 4. The molecule has 0 unspecified atom stereocenters. The van der Waals surface area contributed by atoms with Gasteiger partial charge < -0.3 is 13.8 Å². The zero-order chi connectivity index (χ0) is 28.3. The highest BCUT2D eigenvalue weighted by molar-refractivity contribution is 7.90. The van der Waals surface area contributed by atoms with E-state index in [0.717, 1.165) is 5.56 Å². The molecule has 0 saturated heterocycles. The summed E-state index contributed by atoms with van der Waals surface area (Å²) < 4.78 is 63.5. The Morgan fingerprint density at radius 3 is 1.62 bits per heavy atom. The van der Waals surface area contributed by atoms with Crippen molar-refractivity contribution in [1.29, 1.82) is 0 Å². The molecule has 1 N–H and O–H groups in total. The number of rotatable bonds is 10. The van der Waals surface area contributed by atoms with Gasteiger partial charge in [0.25, 0.3) is 0 Å². The van der Waals surface area contributed by atoms with E-state index in [1.807, 2.05) is 6.92 Å². The third kappa shape index (κ3) is 6.04. The van der Waals surface area contributed by atoms with Crippen LogP contribution in [0.4, 0.5) is 0 Å². The lowest BCUT2D eigenvalue weighted by Gasteiger charge is -2.37. The van der Waals surface area contributed by atoms with Gasteiger partial charge in [0.2, 0.25) is 10.0 Å². The zero-order valence-corrected chi connectivity index (χ0v) is 24.3. The Morgan fingerprint density at radius 1 is 0.718 bits per heavy atom. The van der Waals surface area contributed by atoms with Crippen molar-refractivity contribution in [3.05, 3.63) is 119 Å². The van der Waals surface area contributed by atoms with Gasteiger partial charge in [-0.25, -0.2) is 13.0 Å². The zero-order valence-electron chi connectivity index (χ0n) is 22.5. The van der Waals surface area contributed by atoms with Crippen LogP contribution < -0.4 is 18.5 Å². The fourth-order valence-corrected chi connectivity index (χ4v) is 8.72. The highest BCUT2D eigenvalue weighted by Gasteiger charge is 2.54. The predicted octanol–water partition coefficient (Wildman–Crippen LogP) is 7.12. The smallest absolute Gasteiger partial charge is 0.455 e. The monoisotopic (exact) mass is 565 g/mol. The fraction of sp³-hybridized carbons (Fsp3) is 0.200. The Kier molecular flexibility index (Phi) is 8.21. The second kappa shape index (κ2) is 11.3. The number of ether oxygens (including phenoxy) is 1. The van der Waals surface area contributed by atoms with Gasteiger partial charge in [-0.15, -0.1) is 0 Å². The molecule has 7 nitrogen and oxygen atoms in total. The van der Waals surface area contributed by atoms with Crippen molar-refractivity contribution in [2.24, 2.45) is 0 Å². The second-order valence-corrected chi connectivity index (χ2v) is 13.3. The molecule has 0 aromatic heterocycles. The van der Waals surface area contributed by atoms with Crippen LogP contribution in [-0.4, -0.2) is 15.5 Å². The summed E-state index contributed by atoms with van der Waals surface area (Å²) in [6.07, 6.45) is 0. The van der Waals surface area contributed by atoms with Crippen LogP contribution in [0, 0.1) is 20.8 Å². The van der Waals surface area contributed by atoms with Crippen LogP contribution in [0.1, 0.15) is 29.2 Å². The summed E-state index contributed by atoms with van der Waals surface area (Å²) in [7, 11) is -7.13. The number of methoxy groups -OCH3 is 1. The number of sulfonamides is 1. The van der Waals surface area contributed by atoms with E-state index in [9.17, 15) is 8.42 Å². The van der Waals surface area contributed by atoms with Gasteiger partial charge in [0.1, 0.15) is 17.2 Å². The van der Waals surface area contributed by atoms with Crippen molar-refractivity contribution in [3.63, 3.8) is 0 Å². The maximum Gasteiger partial charge on any atom is 0.455 e. The number of nitrogens with one attached hydrogen (secondary N) is 1. The summed E-state index contributed by atoms with van der Waals surface area (Å²) in [6, 6.07) is 27.3. The molecule has 0 aliphatic heterocycles. The third-order valence-corrected chi connectivity index (χ3v) is 10.7. The lowest BCUT2D eigenvalue weighted by molar-refractivity contribution is 0.337. The van der Waals surface area contributed by atoms with Gasteiger partial charge in [-0.2, -0.15) is 4.72 Å². The highest BCUT2D eigenvalue weighted by Crippen LogP contribution is 2.63. The van der Waals surface area contributed by atoms with E-state index >= 15 is 4.57 Å². The molecule has 4 aromatic rings. The topological polar surface area (TPSA) is 90.9 Å². The standard InChI is InChI=1S/C30H32NO6PS/c1-22-20-23(2)29(24(3)21-22)39(33,34)31-30(4,25-16-18-26(35-5)19-17-25)38(32,36-27-12-8-6-9-13-27)37-28-14-10-7-11-15-28/h6-21,31H,1-5H3/t30-/m0/s1. The molecule has 0 radical (unpaired) electrons. The van der Waals surface area contributed by atoms with Crippen LogP contribution in [0.3, 0.4) is 0 Å². The molecule has 0 amide bonds. The normalized spacial score (nSPS) is 13.4. The Balaban J connectivity index is 1.94. The fourth-order valence-electron chi connectivity index (χ4n) is 4.53. The number of hydrogen-bond donors (Lipinski definition) is 1. The SMILES string of the molecule is COc1ccc([C@@](C)(NS(=O)(=O)c2c(C)cc(C)cc2C)P(=O)(Oc2ccccc2)Oc2ccccc2)cc1. The van der Waals surface area contributed by atoms with E-state index in [4.69, 9.17) is 13.8 Å². The lowest BCUT2D eigenvalue weighted by Crippen LogP contribution is -2.45. The van der Waals surface area contributed by atoms with E-state index in [1.165, 1.54) is 14.0 Å². The molecular weight excluding hydrogens is 533 g/mol. The Labute approximate surface area is 230 Å². The molecule has 0 fully saturated rings. The first kappa shape index (κ1) is 28.4. The minimum absolute atomic E-state index is 0.110. The maximum absolute atomic E-state index is 15.1. The predicted molar refractivity (Wildman–Crippen MR) is 153 cm³/mol. The van der Waals surface area contributed by atoms with E-state index in [2.05, 4.69) is 4.72 Å². The van der Waals surface area contributed by atoms with Gasteiger partial charge in [0.15, 0.2) is 5.28 Å². The Bertz CT molecular complexity index is 1520. The van der Waals surface area contributed by atoms with Crippen LogP contribution in [0.5, 0.6) is 17.2 Å². The molecule has 204 valence electrons. The highest BCUT2D eigenvalue weighted by atomic mass is 32.2. The van der Waals surface area contributed by atoms with Crippen molar-refractivity contribution in [1.82, 2.24) is 4.72 Å². The van der Waals surface area contributed by atoms with Crippen molar-refractivity contribution >= 4 is 17.6 Å². The molecule has 0 aliphatic carbocycles. The Morgan fingerprint density at radius 2 is 1.18 bits per heavy atom. The third-order valence-electron chi connectivity index (χ3n) is 6.34. The molecule has 9 heteroatoms. The molecule has 0 bridgehead atoms. The maximum atomic E-state index is 15.1. The van der Waals surface area contributed by atoms with E-state index in [1.54, 1.807) is 111 Å². The largest absolute Gasteiger partial charge is 0.497 e. The number of para-hydroxylation sites is 2. The second-order valence-electron chi connectivity index (χ2n) is 9.44. The van der Waals surface area contributed by atoms with Crippen molar-refractivity contribution in [2.45, 2.75) is 37.9 Å². The van der Waals surface area contributed by atoms with Crippen LogP contribution in [0.2, 0.25) is 0 Å². The molecule has 0 saturated carbocycles. The molecular formula is C30H32NO6PS. The van der Waals surface area contributed by atoms with Crippen molar-refractivity contribution < 1.29 is 26.8 Å². The van der Waals surface area contributed by atoms with Crippen LogP contribution in [0.25, 0.3) is 0 Å². The van der Waals surface area contributed by atoms with Crippen LogP contribution in [-0.2, 0) is 19.9 Å². The quantitative estimate of drug-likeness (QED) is 0.206. The van der Waals surface area contributed by atoms with Gasteiger partial charge in [-0.3, -0.25) is 0 Å². The first-order valence-corrected chi connectivity index (χ1v) is 15.4. The minimum Gasteiger partial charge on any atom is -0.497 e. The summed E-state index contributed by atoms with van der Waals surface area (Å²) in [6.45, 7) is 6.89. The Hall–Kier alpha value is -3.58. The van der Waals surface area contributed by atoms with Crippen molar-refractivity contribution in [2.75, 3.05) is 7.11 Å². The van der Waals surface area contributed by atoms with E-state index in [-0.39, 0.29) is 16.4 Å². The minimum atomic E-state index is -4.42. The first-order chi connectivity index (χ1) is 18.5. The number of hydrogen-bond acceptors (Lipinski definition) is 6. The average Bonchev–Trinajstić information content (AvgIpc) is 2.88. The van der Waals surface area contributed by atoms with Gasteiger partial charge in [-0.1, -0.05) is 66.2 Å². The van der Waals surface area contributed by atoms with Crippen LogP contribution >= 0.6 is 7.60 Å². The summed E-state index contributed by atoms with van der Waals surface area (Å²) in [4.78, 5) is 0.110. The number of aryl methyl sites for hydroxylation is 3. The molecule has 0 aliphatic rings. The van der Waals surface area contributed by atoms with Crippen LogP contribution in [0.15, 0.2) is 102 Å². The molecule has 4 aromatic carbocycles.